The van der Waals surface area contributed by atoms with Crippen LogP contribution in [-0.4, -0.2) is 28.6 Å². The van der Waals surface area contributed by atoms with Gasteiger partial charge < -0.3 is 19.2 Å². The van der Waals surface area contributed by atoms with E-state index in [0.29, 0.717) is 11.6 Å². The van der Waals surface area contributed by atoms with Crippen molar-refractivity contribution in [3.8, 4) is 11.5 Å². The number of carbonyl (C=O) groups excluding carboxylic acids is 2. The van der Waals surface area contributed by atoms with Crippen molar-refractivity contribution in [2.45, 2.75) is 13.0 Å². The van der Waals surface area contributed by atoms with Crippen molar-refractivity contribution in [1.82, 2.24) is 10.2 Å². The van der Waals surface area contributed by atoms with E-state index in [2.05, 4.69) is 15.5 Å². The monoisotopic (exact) mass is 391 g/mol. The highest BCUT2D eigenvalue weighted by Crippen LogP contribution is 2.25. The molecule has 0 spiro atoms. The number of Topliss-reactive ketones (excluding diaryl/α,β-unsaturated/α-hetero) is 1. The molecule has 146 valence electrons. The maximum Gasteiger partial charge on any atom is 0.348 e. The molecule has 0 saturated carbocycles. The molecule has 1 aliphatic heterocycles. The molecule has 0 radical (unpaired) electrons. The second-order valence-electron chi connectivity index (χ2n) is 6.27. The Morgan fingerprint density at radius 3 is 2.48 bits per heavy atom. The number of nitrogens with one attached hydrogen (secondary N) is 1. The van der Waals surface area contributed by atoms with Crippen molar-refractivity contribution in [3.05, 3.63) is 78.0 Å². The molecule has 2 aromatic carbocycles. The average molecular weight is 391 g/mol. The first-order chi connectivity index (χ1) is 14.1. The van der Waals surface area contributed by atoms with Gasteiger partial charge in [0.1, 0.15) is 0 Å². The van der Waals surface area contributed by atoms with Gasteiger partial charge in [0.05, 0.1) is 0 Å². The maximum atomic E-state index is 12.6. The fourth-order valence-electron chi connectivity index (χ4n) is 2.73. The number of ether oxygens (including phenoxy) is 2. The standard InChI is InChI=1S/C21H17N3O5/c1-13(18-23-24-19(29-18)14-8-4-2-5-9-14)28-21(26)17-16(25)12-27-20(17)22-15-10-6-3-7-11-15/h2-11,13,22H,12H2,1H3/t13-/m0/s1. The number of anilines is 1. The zero-order chi connectivity index (χ0) is 20.2. The third kappa shape index (κ3) is 4.01. The lowest BCUT2D eigenvalue weighted by atomic mass is 10.2. The van der Waals surface area contributed by atoms with E-state index in [0.717, 1.165) is 5.56 Å². The first-order valence-electron chi connectivity index (χ1n) is 8.94. The fourth-order valence-corrected chi connectivity index (χ4v) is 2.73. The summed E-state index contributed by atoms with van der Waals surface area (Å²) in [7, 11) is 0. The number of nitrogens with zero attached hydrogens (tertiary/aromatic N) is 2. The quantitative estimate of drug-likeness (QED) is 0.504. The second-order valence-corrected chi connectivity index (χ2v) is 6.27. The number of esters is 1. The van der Waals surface area contributed by atoms with Gasteiger partial charge in [-0.1, -0.05) is 36.4 Å². The minimum atomic E-state index is -0.841. The molecule has 1 atom stereocenters. The molecule has 8 nitrogen and oxygen atoms in total. The van der Waals surface area contributed by atoms with Crippen molar-refractivity contribution < 1.29 is 23.5 Å². The van der Waals surface area contributed by atoms with E-state index in [1.54, 1.807) is 19.1 Å². The van der Waals surface area contributed by atoms with E-state index in [9.17, 15) is 9.59 Å². The molecular weight excluding hydrogens is 374 g/mol. The first-order valence-corrected chi connectivity index (χ1v) is 8.94. The van der Waals surface area contributed by atoms with Crippen molar-refractivity contribution in [3.63, 3.8) is 0 Å². The third-order valence-corrected chi connectivity index (χ3v) is 4.18. The normalized spacial score (nSPS) is 14.4. The Morgan fingerprint density at radius 1 is 1.07 bits per heavy atom. The molecule has 4 rings (SSSR count). The molecule has 8 heteroatoms. The molecule has 0 unspecified atom stereocenters. The molecule has 1 N–H and O–H groups in total. The highest BCUT2D eigenvalue weighted by atomic mass is 16.6. The molecule has 29 heavy (non-hydrogen) atoms. The number of aromatic nitrogens is 2. The highest BCUT2D eigenvalue weighted by molar-refractivity contribution is 6.19. The van der Waals surface area contributed by atoms with E-state index < -0.39 is 17.9 Å². The third-order valence-electron chi connectivity index (χ3n) is 4.18. The maximum absolute atomic E-state index is 12.6. The predicted octanol–water partition coefficient (Wildman–Crippen LogP) is 3.26. The molecule has 0 aliphatic carbocycles. The summed E-state index contributed by atoms with van der Waals surface area (Å²) in [6, 6.07) is 18.3. The molecule has 0 amide bonds. The van der Waals surface area contributed by atoms with Gasteiger partial charge in [0.25, 0.3) is 5.89 Å². The van der Waals surface area contributed by atoms with Gasteiger partial charge >= 0.3 is 5.97 Å². The van der Waals surface area contributed by atoms with Gasteiger partial charge in [-0.2, -0.15) is 0 Å². The minimum absolute atomic E-state index is 0.0638. The van der Waals surface area contributed by atoms with E-state index in [1.807, 2.05) is 48.5 Å². The summed E-state index contributed by atoms with van der Waals surface area (Å²) in [5, 5.41) is 10.8. The SMILES string of the molecule is C[C@H](OC(=O)C1=C(Nc2ccccc2)OCC1=O)c1nnc(-c2ccccc2)o1. The summed E-state index contributed by atoms with van der Waals surface area (Å²) in [5.41, 5.74) is 1.25. The van der Waals surface area contributed by atoms with Crippen LogP contribution in [0.4, 0.5) is 5.69 Å². The first kappa shape index (κ1) is 18.4. The lowest BCUT2D eigenvalue weighted by Gasteiger charge is -2.11. The van der Waals surface area contributed by atoms with Crippen LogP contribution in [0.2, 0.25) is 0 Å². The second kappa shape index (κ2) is 7.97. The lowest BCUT2D eigenvalue weighted by Crippen LogP contribution is -2.18. The average Bonchev–Trinajstić information content (AvgIpc) is 3.37. The van der Waals surface area contributed by atoms with Crippen LogP contribution in [0.5, 0.6) is 0 Å². The number of hydrogen-bond donors (Lipinski definition) is 1. The molecular formula is C21H17N3O5. The van der Waals surface area contributed by atoms with E-state index in [-0.39, 0.29) is 24.0 Å². The molecule has 0 saturated heterocycles. The Bertz CT molecular complexity index is 1060. The van der Waals surface area contributed by atoms with Crippen LogP contribution in [-0.2, 0) is 19.1 Å². The van der Waals surface area contributed by atoms with Gasteiger partial charge in [0.15, 0.2) is 18.3 Å². The summed E-state index contributed by atoms with van der Waals surface area (Å²) in [6.45, 7) is 1.36. The fraction of sp³-hybridized carbons (Fsp3) is 0.143. The Morgan fingerprint density at radius 2 is 1.76 bits per heavy atom. The topological polar surface area (TPSA) is 104 Å². The Hall–Kier alpha value is -3.94. The van der Waals surface area contributed by atoms with Crippen LogP contribution in [0.3, 0.4) is 0 Å². The van der Waals surface area contributed by atoms with E-state index in [1.165, 1.54) is 0 Å². The number of carbonyl (C=O) groups is 2. The Labute approximate surface area is 166 Å². The molecule has 2 heterocycles. The zero-order valence-electron chi connectivity index (χ0n) is 15.5. The predicted molar refractivity (Wildman–Crippen MR) is 102 cm³/mol. The number of para-hydroxylation sites is 1. The molecule has 3 aromatic rings. The number of hydrogen-bond acceptors (Lipinski definition) is 8. The van der Waals surface area contributed by atoms with Gasteiger partial charge in [0, 0.05) is 11.3 Å². The smallest absolute Gasteiger partial charge is 0.348 e. The summed E-state index contributed by atoms with van der Waals surface area (Å²) < 4.78 is 16.3. The van der Waals surface area contributed by atoms with Crippen molar-refractivity contribution in [2.75, 3.05) is 11.9 Å². The largest absolute Gasteiger partial charge is 0.470 e. The minimum Gasteiger partial charge on any atom is -0.470 e. The highest BCUT2D eigenvalue weighted by Gasteiger charge is 2.34. The molecule has 0 fully saturated rings. The van der Waals surface area contributed by atoms with E-state index >= 15 is 0 Å². The van der Waals surface area contributed by atoms with Crippen LogP contribution in [0, 0.1) is 0 Å². The van der Waals surface area contributed by atoms with Crippen LogP contribution in [0.1, 0.15) is 18.9 Å². The van der Waals surface area contributed by atoms with Gasteiger partial charge in [0.2, 0.25) is 17.6 Å². The molecule has 1 aliphatic rings. The summed E-state index contributed by atoms with van der Waals surface area (Å²) >= 11 is 0. The number of benzene rings is 2. The van der Waals surface area contributed by atoms with Crippen LogP contribution < -0.4 is 5.32 Å². The van der Waals surface area contributed by atoms with Gasteiger partial charge in [-0.15, -0.1) is 10.2 Å². The van der Waals surface area contributed by atoms with Crippen LogP contribution in [0.15, 0.2) is 76.5 Å². The zero-order valence-corrected chi connectivity index (χ0v) is 15.5. The van der Waals surface area contributed by atoms with Gasteiger partial charge in [-0.25, -0.2) is 4.79 Å². The number of rotatable bonds is 6. The van der Waals surface area contributed by atoms with Crippen molar-refractivity contribution in [1.29, 1.82) is 0 Å². The van der Waals surface area contributed by atoms with Crippen LogP contribution >= 0.6 is 0 Å². The summed E-state index contributed by atoms with van der Waals surface area (Å²) in [5.74, 6) is -0.779. The Balaban J connectivity index is 1.49. The van der Waals surface area contributed by atoms with Gasteiger partial charge in [-0.05, 0) is 31.2 Å². The molecule has 0 bridgehead atoms. The van der Waals surface area contributed by atoms with Crippen LogP contribution in [0.25, 0.3) is 11.5 Å². The molecule has 1 aromatic heterocycles. The Kier molecular flexibility index (Phi) is 5.07. The number of ketones is 1. The van der Waals surface area contributed by atoms with Crippen molar-refractivity contribution >= 4 is 17.4 Å². The van der Waals surface area contributed by atoms with Gasteiger partial charge in [-0.3, -0.25) is 4.79 Å². The van der Waals surface area contributed by atoms with E-state index in [4.69, 9.17) is 13.9 Å². The lowest BCUT2D eigenvalue weighted by molar-refractivity contribution is -0.145. The van der Waals surface area contributed by atoms with Crippen molar-refractivity contribution in [2.24, 2.45) is 0 Å². The summed E-state index contributed by atoms with van der Waals surface area (Å²) in [6.07, 6.45) is -0.841. The summed E-state index contributed by atoms with van der Waals surface area (Å²) in [4.78, 5) is 24.8.